The van der Waals surface area contributed by atoms with Gasteiger partial charge in [0.1, 0.15) is 6.04 Å². The van der Waals surface area contributed by atoms with E-state index >= 15 is 0 Å². The Balaban J connectivity index is 2.77. The third-order valence-electron chi connectivity index (χ3n) is 4.32. The van der Waals surface area contributed by atoms with E-state index in [1.165, 1.54) is 7.11 Å². The van der Waals surface area contributed by atoms with Crippen LogP contribution in [0.25, 0.3) is 0 Å². The first-order chi connectivity index (χ1) is 11.0. The summed E-state index contributed by atoms with van der Waals surface area (Å²) >= 11 is 0. The van der Waals surface area contributed by atoms with Gasteiger partial charge in [0.25, 0.3) is 5.91 Å². The molecule has 0 bridgehead atoms. The average Bonchev–Trinajstić information content (AvgIpc) is 2.62. The maximum Gasteiger partial charge on any atom is 0.330 e. The van der Waals surface area contributed by atoms with Crippen LogP contribution < -0.4 is 5.32 Å². The van der Waals surface area contributed by atoms with Crippen molar-refractivity contribution in [1.82, 2.24) is 5.32 Å². The van der Waals surface area contributed by atoms with Crippen molar-refractivity contribution in [2.24, 2.45) is 0 Å². The summed E-state index contributed by atoms with van der Waals surface area (Å²) in [5.41, 5.74) is 0.506. The van der Waals surface area contributed by atoms with E-state index in [1.807, 2.05) is 6.07 Å². The molecule has 1 rings (SSSR count). The number of rotatable bonds is 9. The van der Waals surface area contributed by atoms with Crippen LogP contribution in [0.4, 0.5) is 0 Å². The number of hydrogen-bond acceptors (Lipinski definition) is 4. The fourth-order valence-corrected chi connectivity index (χ4v) is 5.09. The zero-order chi connectivity index (χ0) is 17.3. The summed E-state index contributed by atoms with van der Waals surface area (Å²) in [6.07, 6.45) is 0. The zero-order valence-electron chi connectivity index (χ0n) is 14.4. The molecule has 128 valence electrons. The number of amides is 1. The quantitative estimate of drug-likeness (QED) is 0.556. The zero-order valence-corrected chi connectivity index (χ0v) is 15.4. The summed E-state index contributed by atoms with van der Waals surface area (Å²) in [6, 6.07) is 11.0. The fraction of sp³-hybridized carbons (Fsp3) is 0.529. The van der Waals surface area contributed by atoms with Crippen molar-refractivity contribution in [3.8, 4) is 0 Å². The van der Waals surface area contributed by atoms with Crippen LogP contribution in [0.3, 0.4) is 0 Å². The lowest BCUT2D eigenvalue weighted by atomic mass is 10.2. The highest BCUT2D eigenvalue weighted by Gasteiger charge is 2.32. The topological polar surface area (TPSA) is 64.6 Å². The lowest BCUT2D eigenvalue weighted by molar-refractivity contribution is -0.143. The number of carbonyl (C=O) groups excluding carboxylic acids is 2. The standard InChI is InChI=1S/C17H27NO4Si/c1-5-23(6-2,7-3)22-13-15(17(20)21-4)18-16(19)14-11-9-8-10-12-14/h8-12,15H,5-7,13H2,1-4H3,(H,18,19)/t15-/m0/s1. The van der Waals surface area contributed by atoms with Gasteiger partial charge in [0.05, 0.1) is 13.7 Å². The van der Waals surface area contributed by atoms with Crippen molar-refractivity contribution >= 4 is 20.2 Å². The molecule has 0 spiro atoms. The van der Waals surface area contributed by atoms with Crippen LogP contribution >= 0.6 is 0 Å². The van der Waals surface area contributed by atoms with E-state index in [2.05, 4.69) is 26.1 Å². The highest BCUT2D eigenvalue weighted by molar-refractivity contribution is 6.73. The highest BCUT2D eigenvalue weighted by Crippen LogP contribution is 2.21. The average molecular weight is 337 g/mol. The minimum atomic E-state index is -1.83. The minimum absolute atomic E-state index is 0.160. The molecule has 0 aliphatic heterocycles. The van der Waals surface area contributed by atoms with E-state index in [0.717, 1.165) is 18.1 Å². The Labute approximate surface area is 139 Å². The molecule has 0 aliphatic carbocycles. The van der Waals surface area contributed by atoms with Crippen molar-refractivity contribution in [2.45, 2.75) is 44.9 Å². The van der Waals surface area contributed by atoms with Crippen LogP contribution in [0.1, 0.15) is 31.1 Å². The maximum absolute atomic E-state index is 12.2. The van der Waals surface area contributed by atoms with Crippen molar-refractivity contribution in [3.05, 3.63) is 35.9 Å². The van der Waals surface area contributed by atoms with Gasteiger partial charge in [-0.2, -0.15) is 0 Å². The molecule has 1 aromatic carbocycles. The summed E-state index contributed by atoms with van der Waals surface area (Å²) in [6.45, 7) is 6.52. The second-order valence-corrected chi connectivity index (χ2v) is 10.2. The van der Waals surface area contributed by atoms with Crippen LogP contribution in [0.15, 0.2) is 30.3 Å². The molecule has 0 aromatic heterocycles. The second kappa shape index (κ2) is 9.47. The number of carbonyl (C=O) groups is 2. The summed E-state index contributed by atoms with van der Waals surface area (Å²) in [7, 11) is -0.515. The molecular formula is C17H27NO4Si. The predicted molar refractivity (Wildman–Crippen MR) is 92.9 cm³/mol. The van der Waals surface area contributed by atoms with E-state index in [-0.39, 0.29) is 12.5 Å². The molecule has 23 heavy (non-hydrogen) atoms. The normalized spacial score (nSPS) is 12.5. The van der Waals surface area contributed by atoms with Gasteiger partial charge in [0.15, 0.2) is 8.32 Å². The first-order valence-corrected chi connectivity index (χ1v) is 10.6. The van der Waals surface area contributed by atoms with Crippen LogP contribution in [-0.2, 0) is 14.0 Å². The number of hydrogen-bond donors (Lipinski definition) is 1. The lowest BCUT2D eigenvalue weighted by Gasteiger charge is -2.30. The summed E-state index contributed by atoms with van der Waals surface area (Å²) < 4.78 is 10.9. The fourth-order valence-electron chi connectivity index (χ4n) is 2.46. The van der Waals surface area contributed by atoms with Gasteiger partial charge in [-0.3, -0.25) is 4.79 Å². The van der Waals surface area contributed by atoms with Gasteiger partial charge in [-0.05, 0) is 30.3 Å². The molecule has 1 amide bonds. The maximum atomic E-state index is 12.2. The first-order valence-electron chi connectivity index (χ1n) is 8.09. The minimum Gasteiger partial charge on any atom is -0.467 e. The molecular weight excluding hydrogens is 310 g/mol. The summed E-state index contributed by atoms with van der Waals surface area (Å²) in [4.78, 5) is 24.2. The monoisotopic (exact) mass is 337 g/mol. The van der Waals surface area contributed by atoms with E-state index in [0.29, 0.717) is 5.56 Å². The van der Waals surface area contributed by atoms with Gasteiger partial charge in [-0.15, -0.1) is 0 Å². The van der Waals surface area contributed by atoms with E-state index in [4.69, 9.17) is 9.16 Å². The predicted octanol–water partition coefficient (Wildman–Crippen LogP) is 2.98. The van der Waals surface area contributed by atoms with Crippen LogP contribution in [0, 0.1) is 0 Å². The number of nitrogens with one attached hydrogen (secondary N) is 1. The Kier molecular flexibility index (Phi) is 7.98. The molecule has 1 aromatic rings. The molecule has 0 radical (unpaired) electrons. The largest absolute Gasteiger partial charge is 0.467 e. The van der Waals surface area contributed by atoms with Crippen LogP contribution in [-0.4, -0.2) is 40.0 Å². The number of benzene rings is 1. The van der Waals surface area contributed by atoms with Gasteiger partial charge in [-0.1, -0.05) is 39.0 Å². The number of ether oxygens (including phenoxy) is 1. The smallest absolute Gasteiger partial charge is 0.330 e. The molecule has 0 saturated carbocycles. The summed E-state index contributed by atoms with van der Waals surface area (Å²) in [5.74, 6) is -0.790. The van der Waals surface area contributed by atoms with E-state index in [9.17, 15) is 9.59 Å². The Morgan fingerprint density at radius 3 is 2.13 bits per heavy atom. The Bertz CT molecular complexity index is 494. The van der Waals surface area contributed by atoms with Gasteiger partial charge >= 0.3 is 5.97 Å². The molecule has 0 aliphatic rings. The van der Waals surface area contributed by atoms with Crippen molar-refractivity contribution in [2.75, 3.05) is 13.7 Å². The highest BCUT2D eigenvalue weighted by atomic mass is 28.4. The van der Waals surface area contributed by atoms with Gasteiger partial charge in [-0.25, -0.2) is 4.79 Å². The van der Waals surface area contributed by atoms with Crippen LogP contribution in [0.2, 0.25) is 18.1 Å². The van der Waals surface area contributed by atoms with E-state index < -0.39 is 20.3 Å². The summed E-state index contributed by atoms with van der Waals surface area (Å²) in [5, 5.41) is 2.71. The number of esters is 1. The van der Waals surface area contributed by atoms with Crippen molar-refractivity contribution < 1.29 is 18.8 Å². The Hall–Kier alpha value is -1.66. The molecule has 1 N–H and O–H groups in total. The second-order valence-electron chi connectivity index (χ2n) is 5.47. The lowest BCUT2D eigenvalue weighted by Crippen LogP contribution is -2.48. The molecule has 0 fully saturated rings. The molecule has 0 heterocycles. The van der Waals surface area contributed by atoms with Crippen LogP contribution in [0.5, 0.6) is 0 Å². The van der Waals surface area contributed by atoms with Gasteiger partial charge in [0.2, 0.25) is 0 Å². The Morgan fingerprint density at radius 1 is 1.09 bits per heavy atom. The first kappa shape index (κ1) is 19.4. The van der Waals surface area contributed by atoms with Gasteiger partial charge < -0.3 is 14.5 Å². The SMILES string of the molecule is CC[Si](CC)(CC)OC[C@H](NC(=O)c1ccccc1)C(=O)OC. The third-order valence-corrected chi connectivity index (χ3v) is 8.96. The molecule has 1 atom stereocenters. The van der Waals surface area contributed by atoms with Gasteiger partial charge in [0, 0.05) is 5.56 Å². The third kappa shape index (κ3) is 5.48. The van der Waals surface area contributed by atoms with Crippen molar-refractivity contribution in [1.29, 1.82) is 0 Å². The molecule has 0 saturated heterocycles. The van der Waals surface area contributed by atoms with E-state index in [1.54, 1.807) is 24.3 Å². The van der Waals surface area contributed by atoms with Crippen molar-refractivity contribution in [3.63, 3.8) is 0 Å². The Morgan fingerprint density at radius 2 is 1.65 bits per heavy atom. The number of methoxy groups -OCH3 is 1. The molecule has 6 heteroatoms. The molecule has 0 unspecified atom stereocenters. The molecule has 5 nitrogen and oxygen atoms in total.